The second kappa shape index (κ2) is 9.73. The molecule has 2 heterocycles. The molecule has 1 aliphatic carbocycles. The molecule has 0 spiro atoms. The third kappa shape index (κ3) is 4.40. The molecule has 1 aromatic carbocycles. The highest BCUT2D eigenvalue weighted by Crippen LogP contribution is 2.50. The molecule has 2 saturated heterocycles. The number of hydrogen-bond acceptors (Lipinski definition) is 8. The summed E-state index contributed by atoms with van der Waals surface area (Å²) in [6, 6.07) is 6.89. The van der Waals surface area contributed by atoms with Crippen molar-refractivity contribution < 1.29 is 39.0 Å². The Hall–Kier alpha value is -2.95. The number of allylic oxidation sites excluding steroid dienone is 1. The van der Waals surface area contributed by atoms with Gasteiger partial charge in [0.1, 0.15) is 5.75 Å². The Morgan fingerprint density at radius 2 is 2.06 bits per heavy atom. The van der Waals surface area contributed by atoms with Gasteiger partial charge in [0.15, 0.2) is 0 Å². The fourth-order valence-corrected chi connectivity index (χ4v) is 5.51. The van der Waals surface area contributed by atoms with E-state index in [1.807, 2.05) is 19.1 Å². The number of amides is 3. The predicted molar refractivity (Wildman–Crippen MR) is 122 cm³/mol. The summed E-state index contributed by atoms with van der Waals surface area (Å²) in [7, 11) is -0.0305. The summed E-state index contributed by atoms with van der Waals surface area (Å²) in [5.74, 6) is -3.18. The van der Waals surface area contributed by atoms with Gasteiger partial charge in [0.05, 0.1) is 31.7 Å². The summed E-state index contributed by atoms with van der Waals surface area (Å²) in [4.78, 5) is 38.5. The van der Waals surface area contributed by atoms with E-state index >= 15 is 0 Å². The molecule has 3 aliphatic rings. The van der Waals surface area contributed by atoms with Gasteiger partial charge in [0.2, 0.25) is 11.8 Å². The number of rotatable bonds is 5. The molecule has 4 atom stereocenters. The second-order valence-electron chi connectivity index (χ2n) is 9.08. The number of phenols is 1. The van der Waals surface area contributed by atoms with Gasteiger partial charge in [0.25, 0.3) is 0 Å². The van der Waals surface area contributed by atoms with E-state index in [4.69, 9.17) is 4.65 Å². The highest BCUT2D eigenvalue weighted by Gasteiger charge is 2.59. The lowest BCUT2D eigenvalue weighted by Crippen LogP contribution is -2.46. The van der Waals surface area contributed by atoms with E-state index in [9.17, 15) is 29.6 Å². The molecule has 2 fully saturated rings. The third-order valence-electron chi connectivity index (χ3n) is 6.94. The average Bonchev–Trinajstić information content (AvgIpc) is 3.06. The Morgan fingerprint density at radius 3 is 2.74 bits per heavy atom. The Morgan fingerprint density at radius 1 is 1.29 bits per heavy atom. The zero-order valence-electron chi connectivity index (χ0n) is 19.1. The van der Waals surface area contributed by atoms with Gasteiger partial charge in [-0.15, -0.1) is 0 Å². The van der Waals surface area contributed by atoms with Crippen molar-refractivity contribution in [3.05, 3.63) is 46.5 Å². The average molecular weight is 469 g/mol. The van der Waals surface area contributed by atoms with Gasteiger partial charge < -0.3 is 24.6 Å². The van der Waals surface area contributed by atoms with Gasteiger partial charge >= 0.3 is 13.2 Å². The minimum absolute atomic E-state index is 0.0998. The fraction of sp³-hybridized carbons (Fsp3) is 0.458. The maximum atomic E-state index is 13.1. The van der Waals surface area contributed by atoms with Crippen LogP contribution in [0.3, 0.4) is 0 Å². The van der Waals surface area contributed by atoms with E-state index in [1.165, 1.54) is 0 Å². The Balaban J connectivity index is 1.59. The zero-order chi connectivity index (χ0) is 24.6. The van der Waals surface area contributed by atoms with Crippen molar-refractivity contribution in [1.29, 1.82) is 0 Å². The SMILES string of the molecule is COC(=O)N1C(=O)[C@@H]2[C@@H](CC(CO)=C3[C@@H](CC/C(C)=C/c4cccc(O)c4)OB(O)C[C@@H]32)C1=O. The number of carbonyl (C=O) groups is 3. The number of aliphatic hydroxyl groups excluding tert-OH is 1. The van der Waals surface area contributed by atoms with Gasteiger partial charge in [-0.3, -0.25) is 9.59 Å². The van der Waals surface area contributed by atoms with E-state index in [0.29, 0.717) is 23.3 Å². The van der Waals surface area contributed by atoms with Crippen LogP contribution in [0.5, 0.6) is 5.75 Å². The molecular formula is C24H28BNO8. The normalized spacial score (nSPS) is 27.1. The maximum Gasteiger partial charge on any atom is 0.455 e. The van der Waals surface area contributed by atoms with E-state index in [0.717, 1.165) is 23.8 Å². The topological polar surface area (TPSA) is 134 Å². The number of likely N-dealkylation sites (tertiary alicyclic amines) is 1. The van der Waals surface area contributed by atoms with Crippen molar-refractivity contribution in [3.63, 3.8) is 0 Å². The van der Waals surface area contributed by atoms with Crippen LogP contribution in [0.25, 0.3) is 6.08 Å². The lowest BCUT2D eigenvalue weighted by Gasteiger charge is -2.42. The number of benzene rings is 1. The number of ether oxygens (including phenoxy) is 1. The van der Waals surface area contributed by atoms with Crippen LogP contribution < -0.4 is 0 Å². The molecule has 34 heavy (non-hydrogen) atoms. The molecule has 2 aliphatic heterocycles. The first-order chi connectivity index (χ1) is 16.2. The van der Waals surface area contributed by atoms with Crippen LogP contribution in [0.15, 0.2) is 41.0 Å². The van der Waals surface area contributed by atoms with Gasteiger partial charge in [-0.1, -0.05) is 23.8 Å². The molecule has 0 radical (unpaired) electrons. The Labute approximate surface area is 197 Å². The Kier molecular flexibility index (Phi) is 6.92. The third-order valence-corrected chi connectivity index (χ3v) is 6.94. The first kappa shape index (κ1) is 24.2. The van der Waals surface area contributed by atoms with Gasteiger partial charge in [-0.25, -0.2) is 4.79 Å². The van der Waals surface area contributed by atoms with E-state index in [-0.39, 0.29) is 25.1 Å². The lowest BCUT2D eigenvalue weighted by molar-refractivity contribution is -0.137. The lowest BCUT2D eigenvalue weighted by atomic mass is 9.58. The summed E-state index contributed by atoms with van der Waals surface area (Å²) >= 11 is 0. The molecule has 0 aromatic heterocycles. The largest absolute Gasteiger partial charge is 0.508 e. The van der Waals surface area contributed by atoms with Crippen LogP contribution >= 0.6 is 0 Å². The number of aromatic hydroxyl groups is 1. The van der Waals surface area contributed by atoms with Crippen LogP contribution in [-0.4, -0.2) is 65.0 Å². The van der Waals surface area contributed by atoms with E-state index in [1.54, 1.807) is 18.2 Å². The number of fused-ring (bicyclic) bond motifs is 3. The van der Waals surface area contributed by atoms with Crippen molar-refractivity contribution in [3.8, 4) is 5.75 Å². The number of imide groups is 3. The first-order valence-corrected chi connectivity index (χ1v) is 11.3. The quantitative estimate of drug-likeness (QED) is 0.339. The van der Waals surface area contributed by atoms with Crippen LogP contribution in [-0.2, 0) is 19.0 Å². The fourth-order valence-electron chi connectivity index (χ4n) is 5.51. The molecule has 180 valence electrons. The number of hydrogen-bond donors (Lipinski definition) is 3. The molecule has 3 amide bonds. The summed E-state index contributed by atoms with van der Waals surface area (Å²) < 4.78 is 10.5. The van der Waals surface area contributed by atoms with Gasteiger partial charge in [-0.2, -0.15) is 4.90 Å². The molecule has 3 N–H and O–H groups in total. The highest BCUT2D eigenvalue weighted by atomic mass is 16.5. The van der Waals surface area contributed by atoms with Gasteiger partial charge in [-0.05, 0) is 67.3 Å². The zero-order valence-corrected chi connectivity index (χ0v) is 19.1. The molecule has 0 unspecified atom stereocenters. The molecule has 4 rings (SSSR count). The maximum absolute atomic E-state index is 13.1. The number of aliphatic hydroxyl groups is 1. The molecule has 9 nitrogen and oxygen atoms in total. The predicted octanol–water partition coefficient (Wildman–Crippen LogP) is 2.13. The molecule has 10 heteroatoms. The number of methoxy groups -OCH3 is 1. The standard InChI is InChI=1S/C24H28BNO8/c1-13(8-14-4-3-5-16(28)9-14)6-7-19-20-15(12-27)10-17-21(18(20)11-25(32)34-19)23(30)26(22(17)29)24(31)33-2/h3-5,8-9,17-19,21,27-28,32H,6-7,10-12H2,1-2H3/b13-8+/t17-,18+,19-,21-/m1/s1. The van der Waals surface area contributed by atoms with Crippen molar-refractivity contribution in [2.75, 3.05) is 13.7 Å². The summed E-state index contributed by atoms with van der Waals surface area (Å²) in [5.41, 5.74) is 3.24. The van der Waals surface area contributed by atoms with Crippen LogP contribution in [0.1, 0.15) is 31.7 Å². The minimum atomic E-state index is -1.14. The first-order valence-electron chi connectivity index (χ1n) is 11.3. The summed E-state index contributed by atoms with van der Waals surface area (Å²) in [6.07, 6.45) is 1.74. The number of phenolic OH excluding ortho intramolecular Hbond substituents is 1. The molecular weight excluding hydrogens is 441 g/mol. The van der Waals surface area contributed by atoms with Crippen LogP contribution in [0, 0.1) is 17.8 Å². The monoisotopic (exact) mass is 469 g/mol. The molecule has 0 saturated carbocycles. The van der Waals surface area contributed by atoms with Crippen molar-refractivity contribution in [2.24, 2.45) is 17.8 Å². The van der Waals surface area contributed by atoms with Crippen LogP contribution in [0.2, 0.25) is 6.32 Å². The van der Waals surface area contributed by atoms with Crippen LogP contribution in [0.4, 0.5) is 4.79 Å². The smallest absolute Gasteiger partial charge is 0.455 e. The number of carbonyl (C=O) groups excluding carboxylic acids is 3. The second-order valence-corrected chi connectivity index (χ2v) is 9.08. The summed E-state index contributed by atoms with van der Waals surface area (Å²) in [5, 5.41) is 30.2. The van der Waals surface area contributed by atoms with Crippen molar-refractivity contribution in [2.45, 2.75) is 38.6 Å². The van der Waals surface area contributed by atoms with E-state index < -0.39 is 48.9 Å². The highest BCUT2D eigenvalue weighted by molar-refractivity contribution is 6.43. The van der Waals surface area contributed by atoms with Crippen molar-refractivity contribution in [1.82, 2.24) is 4.90 Å². The minimum Gasteiger partial charge on any atom is -0.508 e. The Bertz CT molecular complexity index is 1070. The van der Waals surface area contributed by atoms with E-state index in [2.05, 4.69) is 4.74 Å². The van der Waals surface area contributed by atoms with Crippen molar-refractivity contribution >= 4 is 31.1 Å². The molecule has 1 aromatic rings. The van der Waals surface area contributed by atoms with Gasteiger partial charge in [0, 0.05) is 0 Å². The summed E-state index contributed by atoms with van der Waals surface area (Å²) in [6.45, 7) is 1.65. The molecule has 0 bridgehead atoms. The number of nitrogens with zero attached hydrogens (tertiary/aromatic N) is 1.